The van der Waals surface area contributed by atoms with Crippen molar-refractivity contribution < 1.29 is 9.08 Å². The minimum absolute atomic E-state index is 0.163. The van der Waals surface area contributed by atoms with E-state index < -0.39 is 11.2 Å². The Morgan fingerprint density at radius 2 is 2.10 bits per heavy atom. The standard InChI is InChI=1S/C10H9N5O3S2/c1-4-11-7(18-14-4)6-13-8-5(9(16)15(6)2)12-10(19-8)20(3)17/h1-3H3. The zero-order valence-corrected chi connectivity index (χ0v) is 12.4. The first kappa shape index (κ1) is 13.2. The SMILES string of the molecule is Cc1noc(-c2nc3sc([S+](C)[O-])nc3c(=O)n2C)n1. The third-order valence-corrected chi connectivity index (χ3v) is 4.87. The molecule has 10 heteroatoms. The molecule has 104 valence electrons. The lowest BCUT2D eigenvalue weighted by Crippen LogP contribution is -2.20. The highest BCUT2D eigenvalue weighted by molar-refractivity contribution is 7.92. The molecule has 0 aliphatic heterocycles. The van der Waals surface area contributed by atoms with E-state index in [-0.39, 0.29) is 22.8 Å². The highest BCUT2D eigenvalue weighted by Crippen LogP contribution is 2.24. The maximum atomic E-state index is 12.2. The Morgan fingerprint density at radius 1 is 1.35 bits per heavy atom. The zero-order valence-electron chi connectivity index (χ0n) is 10.8. The summed E-state index contributed by atoms with van der Waals surface area (Å²) >= 11 is -0.137. The summed E-state index contributed by atoms with van der Waals surface area (Å²) in [5.74, 6) is 0.880. The average molecular weight is 311 g/mol. The Hall–Kier alpha value is -1.78. The summed E-state index contributed by atoms with van der Waals surface area (Å²) in [4.78, 5) is 25.1. The smallest absolute Gasteiger partial charge is 0.304 e. The van der Waals surface area contributed by atoms with Crippen LogP contribution in [0.25, 0.3) is 22.1 Å². The second-order valence-electron chi connectivity index (χ2n) is 4.03. The van der Waals surface area contributed by atoms with E-state index in [0.717, 1.165) is 11.3 Å². The predicted molar refractivity (Wildman–Crippen MR) is 73.0 cm³/mol. The highest BCUT2D eigenvalue weighted by atomic mass is 32.2. The maximum Gasteiger partial charge on any atom is 0.304 e. The summed E-state index contributed by atoms with van der Waals surface area (Å²) in [7, 11) is 1.55. The third-order valence-electron chi connectivity index (χ3n) is 2.59. The molecule has 0 amide bonds. The van der Waals surface area contributed by atoms with Crippen LogP contribution >= 0.6 is 11.3 Å². The van der Waals surface area contributed by atoms with Gasteiger partial charge in [-0.2, -0.15) is 9.97 Å². The van der Waals surface area contributed by atoms with Gasteiger partial charge in [-0.05, 0) is 18.3 Å². The lowest BCUT2D eigenvalue weighted by Gasteiger charge is -2.01. The van der Waals surface area contributed by atoms with Crippen molar-refractivity contribution in [2.45, 2.75) is 11.3 Å². The summed E-state index contributed by atoms with van der Waals surface area (Å²) in [6.45, 7) is 1.68. The van der Waals surface area contributed by atoms with Crippen molar-refractivity contribution in [2.24, 2.45) is 7.05 Å². The van der Waals surface area contributed by atoms with Crippen LogP contribution in [0.1, 0.15) is 5.82 Å². The zero-order chi connectivity index (χ0) is 14.4. The number of hydrogen-bond acceptors (Lipinski definition) is 8. The molecule has 0 aliphatic carbocycles. The van der Waals surface area contributed by atoms with E-state index in [2.05, 4.69) is 20.1 Å². The van der Waals surface area contributed by atoms with Crippen LogP contribution in [0.3, 0.4) is 0 Å². The molecular weight excluding hydrogens is 302 g/mol. The van der Waals surface area contributed by atoms with E-state index in [1.807, 2.05) is 0 Å². The molecule has 0 bridgehead atoms. The fraction of sp³-hybridized carbons (Fsp3) is 0.300. The van der Waals surface area contributed by atoms with Crippen LogP contribution in [-0.2, 0) is 18.2 Å². The van der Waals surface area contributed by atoms with Crippen molar-refractivity contribution in [3.05, 3.63) is 16.2 Å². The van der Waals surface area contributed by atoms with Gasteiger partial charge in [-0.3, -0.25) is 9.36 Å². The Balaban J connectivity index is 2.29. The Labute approximate surface area is 119 Å². The number of hydrogen-bond donors (Lipinski definition) is 0. The summed E-state index contributed by atoms with van der Waals surface area (Å²) in [6.07, 6.45) is 1.50. The van der Waals surface area contributed by atoms with Gasteiger partial charge in [0.15, 0.2) is 16.2 Å². The summed E-state index contributed by atoms with van der Waals surface area (Å²) in [6, 6.07) is 0. The molecule has 3 heterocycles. The van der Waals surface area contributed by atoms with E-state index >= 15 is 0 Å². The number of fused-ring (bicyclic) bond motifs is 1. The molecule has 1 atom stereocenters. The molecule has 0 saturated carbocycles. The fourth-order valence-electron chi connectivity index (χ4n) is 1.64. The molecule has 8 nitrogen and oxygen atoms in total. The molecule has 0 aromatic carbocycles. The van der Waals surface area contributed by atoms with Crippen molar-refractivity contribution in [1.29, 1.82) is 0 Å². The van der Waals surface area contributed by atoms with Gasteiger partial charge in [-0.1, -0.05) is 5.16 Å². The molecule has 1 unspecified atom stereocenters. The lowest BCUT2D eigenvalue weighted by atomic mass is 10.5. The Kier molecular flexibility index (Phi) is 3.07. The molecule has 0 radical (unpaired) electrons. The van der Waals surface area contributed by atoms with Crippen molar-refractivity contribution in [1.82, 2.24) is 24.7 Å². The van der Waals surface area contributed by atoms with E-state index in [1.165, 1.54) is 10.8 Å². The quantitative estimate of drug-likeness (QED) is 0.633. The maximum absolute atomic E-state index is 12.2. The van der Waals surface area contributed by atoms with Gasteiger partial charge < -0.3 is 9.08 Å². The van der Waals surface area contributed by atoms with Gasteiger partial charge in [0, 0.05) is 18.2 Å². The Bertz CT molecular complexity index is 850. The number of aryl methyl sites for hydroxylation is 1. The molecule has 0 saturated heterocycles. The van der Waals surface area contributed by atoms with Crippen LogP contribution in [0.4, 0.5) is 0 Å². The van der Waals surface area contributed by atoms with Crippen molar-refractivity contribution in [2.75, 3.05) is 6.26 Å². The molecule has 0 spiro atoms. The molecule has 20 heavy (non-hydrogen) atoms. The van der Waals surface area contributed by atoms with Gasteiger partial charge in [-0.15, -0.1) is 0 Å². The van der Waals surface area contributed by atoms with Gasteiger partial charge in [0.05, 0.1) is 0 Å². The minimum Gasteiger partial charge on any atom is -0.610 e. The summed E-state index contributed by atoms with van der Waals surface area (Å²) < 4.78 is 18.1. The van der Waals surface area contributed by atoms with Crippen molar-refractivity contribution in [3.63, 3.8) is 0 Å². The number of thiazole rings is 1. The largest absolute Gasteiger partial charge is 0.610 e. The van der Waals surface area contributed by atoms with E-state index in [9.17, 15) is 9.35 Å². The van der Waals surface area contributed by atoms with Crippen LogP contribution in [0.5, 0.6) is 0 Å². The minimum atomic E-state index is -1.26. The first-order valence-corrected chi connectivity index (χ1v) is 7.86. The number of nitrogens with zero attached hydrogens (tertiary/aromatic N) is 5. The van der Waals surface area contributed by atoms with Gasteiger partial charge in [0.25, 0.3) is 11.4 Å². The lowest BCUT2D eigenvalue weighted by molar-refractivity contribution is 0.421. The second-order valence-corrected chi connectivity index (χ2v) is 6.56. The van der Waals surface area contributed by atoms with E-state index in [1.54, 1.807) is 14.0 Å². The normalized spacial score (nSPS) is 13.0. The predicted octanol–water partition coefficient (Wildman–Crippen LogP) is 0.486. The molecule has 0 fully saturated rings. The van der Waals surface area contributed by atoms with Crippen LogP contribution < -0.4 is 5.56 Å². The van der Waals surface area contributed by atoms with Gasteiger partial charge in [0.1, 0.15) is 6.26 Å². The summed E-state index contributed by atoms with van der Waals surface area (Å²) in [5, 5.41) is 3.67. The topological polar surface area (TPSA) is 110 Å². The van der Waals surface area contributed by atoms with E-state index in [4.69, 9.17) is 4.52 Å². The second kappa shape index (κ2) is 4.65. The number of aromatic nitrogens is 5. The van der Waals surface area contributed by atoms with Crippen LogP contribution in [0.2, 0.25) is 0 Å². The highest BCUT2D eigenvalue weighted by Gasteiger charge is 2.21. The molecular formula is C10H9N5O3S2. The van der Waals surface area contributed by atoms with Gasteiger partial charge in [0.2, 0.25) is 5.82 Å². The fourth-order valence-corrected chi connectivity index (χ4v) is 3.23. The summed E-state index contributed by atoms with van der Waals surface area (Å²) in [5.41, 5.74) is -0.142. The van der Waals surface area contributed by atoms with Crippen LogP contribution in [-0.4, -0.2) is 35.5 Å². The third kappa shape index (κ3) is 2.01. The van der Waals surface area contributed by atoms with Crippen LogP contribution in [0.15, 0.2) is 13.7 Å². The first-order chi connectivity index (χ1) is 9.47. The first-order valence-electron chi connectivity index (χ1n) is 5.49. The van der Waals surface area contributed by atoms with E-state index in [0.29, 0.717) is 15.0 Å². The molecule has 0 aliphatic rings. The molecule has 3 aromatic rings. The molecule has 3 aromatic heterocycles. The average Bonchev–Trinajstić information content (AvgIpc) is 3.00. The van der Waals surface area contributed by atoms with Crippen LogP contribution in [0, 0.1) is 6.92 Å². The van der Waals surface area contributed by atoms with Crippen molar-refractivity contribution >= 4 is 32.9 Å². The molecule has 0 N–H and O–H groups in total. The molecule has 3 rings (SSSR count). The number of rotatable bonds is 2. The van der Waals surface area contributed by atoms with Gasteiger partial charge >= 0.3 is 4.34 Å². The van der Waals surface area contributed by atoms with Crippen molar-refractivity contribution in [3.8, 4) is 11.7 Å². The van der Waals surface area contributed by atoms with Gasteiger partial charge in [-0.25, -0.2) is 4.98 Å². The Morgan fingerprint density at radius 3 is 2.70 bits per heavy atom. The monoisotopic (exact) mass is 311 g/mol.